The molecular formula is C14H20O4. The molecule has 1 unspecified atom stereocenters. The number of allylic oxidation sites excluding steroid dienone is 5. The Bertz CT molecular complexity index is 340. The van der Waals surface area contributed by atoms with Crippen molar-refractivity contribution in [3.63, 3.8) is 0 Å². The minimum Gasteiger partial charge on any atom is -0.469 e. The van der Waals surface area contributed by atoms with Gasteiger partial charge in [-0.1, -0.05) is 37.3 Å². The fourth-order valence-electron chi connectivity index (χ4n) is 1.03. The number of carbonyl (C=O) groups is 2. The fraction of sp³-hybridized carbons (Fsp3) is 0.429. The highest BCUT2D eigenvalue weighted by molar-refractivity contribution is 5.91. The molecule has 18 heavy (non-hydrogen) atoms. The van der Waals surface area contributed by atoms with Crippen molar-refractivity contribution in [3.05, 3.63) is 36.5 Å². The number of rotatable bonds is 8. The molecule has 0 fully saturated rings. The smallest absolute Gasteiger partial charge is 0.305 e. The molecule has 0 aliphatic carbocycles. The Balaban J connectivity index is 3.87. The molecule has 0 saturated heterocycles. The average molecular weight is 252 g/mol. The predicted octanol–water partition coefficient (Wildman–Crippen LogP) is 1.95. The number of ether oxygens (including phenoxy) is 1. The summed E-state index contributed by atoms with van der Waals surface area (Å²) in [6.07, 6.45) is 10.3. The Labute approximate surface area is 108 Å². The van der Waals surface area contributed by atoms with Crippen LogP contribution >= 0.6 is 0 Å². The van der Waals surface area contributed by atoms with E-state index < -0.39 is 6.10 Å². The van der Waals surface area contributed by atoms with Crippen molar-refractivity contribution in [1.82, 2.24) is 0 Å². The van der Waals surface area contributed by atoms with Crippen LogP contribution in [-0.2, 0) is 14.3 Å². The predicted molar refractivity (Wildman–Crippen MR) is 70.0 cm³/mol. The Morgan fingerprint density at radius 2 is 1.83 bits per heavy atom. The summed E-state index contributed by atoms with van der Waals surface area (Å²) in [6, 6.07) is 0. The maximum atomic E-state index is 11.3. The van der Waals surface area contributed by atoms with Gasteiger partial charge in [0.05, 0.1) is 19.6 Å². The molecule has 0 radical (unpaired) electrons. The van der Waals surface area contributed by atoms with Crippen LogP contribution in [0.2, 0.25) is 0 Å². The van der Waals surface area contributed by atoms with Gasteiger partial charge in [-0.3, -0.25) is 9.59 Å². The first kappa shape index (κ1) is 16.3. The van der Waals surface area contributed by atoms with Gasteiger partial charge < -0.3 is 9.84 Å². The van der Waals surface area contributed by atoms with E-state index in [2.05, 4.69) is 4.74 Å². The van der Waals surface area contributed by atoms with E-state index in [1.165, 1.54) is 13.2 Å². The quantitative estimate of drug-likeness (QED) is 0.407. The SMILES string of the molecule is CCC(O)C=CC=CC=CC(=O)CCC(=O)OC. The standard InChI is InChI=1S/C14H20O4/c1-3-12(15)8-6-4-5-7-9-13(16)10-11-14(17)18-2/h4-9,12,15H,3,10-11H2,1-2H3. The molecule has 1 atom stereocenters. The van der Waals surface area contributed by atoms with E-state index >= 15 is 0 Å². The molecule has 0 aromatic rings. The maximum absolute atomic E-state index is 11.3. The molecular weight excluding hydrogens is 232 g/mol. The molecule has 0 amide bonds. The van der Waals surface area contributed by atoms with Crippen molar-refractivity contribution in [2.45, 2.75) is 32.3 Å². The Morgan fingerprint density at radius 1 is 1.17 bits per heavy atom. The number of hydrogen-bond acceptors (Lipinski definition) is 4. The topological polar surface area (TPSA) is 63.6 Å². The second-order valence-electron chi connectivity index (χ2n) is 3.65. The first-order valence-corrected chi connectivity index (χ1v) is 5.89. The van der Waals surface area contributed by atoms with E-state index in [1.54, 1.807) is 30.4 Å². The number of aliphatic hydroxyl groups excluding tert-OH is 1. The number of esters is 1. The van der Waals surface area contributed by atoms with Crippen LogP contribution in [0.1, 0.15) is 26.2 Å². The second kappa shape index (κ2) is 10.5. The minimum atomic E-state index is -0.430. The Kier molecular flexibility index (Phi) is 9.50. The van der Waals surface area contributed by atoms with Crippen LogP contribution in [0.15, 0.2) is 36.5 Å². The zero-order valence-corrected chi connectivity index (χ0v) is 10.8. The van der Waals surface area contributed by atoms with Gasteiger partial charge >= 0.3 is 5.97 Å². The van der Waals surface area contributed by atoms with E-state index in [9.17, 15) is 14.7 Å². The highest BCUT2D eigenvalue weighted by Gasteiger charge is 2.02. The summed E-state index contributed by atoms with van der Waals surface area (Å²) in [7, 11) is 1.29. The lowest BCUT2D eigenvalue weighted by molar-refractivity contribution is -0.141. The van der Waals surface area contributed by atoms with Gasteiger partial charge in [-0.05, 0) is 12.5 Å². The van der Waals surface area contributed by atoms with Gasteiger partial charge in [0.2, 0.25) is 0 Å². The number of hydrogen-bond donors (Lipinski definition) is 1. The molecule has 0 heterocycles. The van der Waals surface area contributed by atoms with Gasteiger partial charge in [-0.15, -0.1) is 0 Å². The molecule has 100 valence electrons. The largest absolute Gasteiger partial charge is 0.469 e. The molecule has 0 bridgehead atoms. The van der Waals surface area contributed by atoms with Crippen LogP contribution in [0.3, 0.4) is 0 Å². The summed E-state index contributed by atoms with van der Waals surface area (Å²) < 4.78 is 4.43. The van der Waals surface area contributed by atoms with E-state index in [-0.39, 0.29) is 24.6 Å². The lowest BCUT2D eigenvalue weighted by atomic mass is 10.2. The third-order valence-electron chi connectivity index (χ3n) is 2.17. The van der Waals surface area contributed by atoms with Gasteiger partial charge in [0.15, 0.2) is 5.78 Å². The van der Waals surface area contributed by atoms with E-state index in [0.29, 0.717) is 6.42 Å². The molecule has 4 nitrogen and oxygen atoms in total. The van der Waals surface area contributed by atoms with Crippen molar-refractivity contribution >= 4 is 11.8 Å². The van der Waals surface area contributed by atoms with Gasteiger partial charge in [0.25, 0.3) is 0 Å². The summed E-state index contributed by atoms with van der Waals surface area (Å²) in [6.45, 7) is 1.89. The van der Waals surface area contributed by atoms with E-state index in [4.69, 9.17) is 0 Å². The molecule has 4 heteroatoms. The molecule has 1 N–H and O–H groups in total. The molecule has 0 aliphatic heterocycles. The van der Waals surface area contributed by atoms with Crippen LogP contribution in [0.5, 0.6) is 0 Å². The van der Waals surface area contributed by atoms with Crippen LogP contribution in [0, 0.1) is 0 Å². The highest BCUT2D eigenvalue weighted by atomic mass is 16.5. The van der Waals surface area contributed by atoms with Gasteiger partial charge in [0, 0.05) is 6.42 Å². The number of aliphatic hydroxyl groups is 1. The number of methoxy groups -OCH3 is 1. The van der Waals surface area contributed by atoms with Crippen LogP contribution in [-0.4, -0.2) is 30.1 Å². The normalized spacial score (nSPS) is 13.5. The highest BCUT2D eigenvalue weighted by Crippen LogP contribution is 1.95. The number of ketones is 1. The van der Waals surface area contributed by atoms with Crippen LogP contribution in [0.25, 0.3) is 0 Å². The molecule has 0 aromatic carbocycles. The molecule has 0 aromatic heterocycles. The fourth-order valence-corrected chi connectivity index (χ4v) is 1.03. The van der Waals surface area contributed by atoms with Crippen molar-refractivity contribution in [2.24, 2.45) is 0 Å². The van der Waals surface area contributed by atoms with Crippen molar-refractivity contribution in [2.75, 3.05) is 7.11 Å². The first-order chi connectivity index (χ1) is 8.60. The number of carbonyl (C=O) groups excluding carboxylic acids is 2. The second-order valence-corrected chi connectivity index (χ2v) is 3.65. The van der Waals surface area contributed by atoms with Gasteiger partial charge in [-0.2, -0.15) is 0 Å². The average Bonchev–Trinajstić information content (AvgIpc) is 2.39. The summed E-state index contributed by atoms with van der Waals surface area (Å²) in [5.41, 5.74) is 0. The molecule has 0 spiro atoms. The third kappa shape index (κ3) is 9.54. The minimum absolute atomic E-state index is 0.103. The van der Waals surface area contributed by atoms with Crippen LogP contribution < -0.4 is 0 Å². The summed E-state index contributed by atoms with van der Waals surface area (Å²) >= 11 is 0. The van der Waals surface area contributed by atoms with Crippen molar-refractivity contribution in [1.29, 1.82) is 0 Å². The molecule has 0 rings (SSSR count). The van der Waals surface area contributed by atoms with E-state index in [0.717, 1.165) is 0 Å². The third-order valence-corrected chi connectivity index (χ3v) is 2.17. The summed E-state index contributed by atoms with van der Waals surface area (Å²) in [5, 5.41) is 9.21. The Morgan fingerprint density at radius 3 is 2.44 bits per heavy atom. The molecule has 0 aliphatic rings. The first-order valence-electron chi connectivity index (χ1n) is 5.89. The van der Waals surface area contributed by atoms with Gasteiger partial charge in [0.1, 0.15) is 0 Å². The molecule has 0 saturated carbocycles. The van der Waals surface area contributed by atoms with Crippen molar-refractivity contribution in [3.8, 4) is 0 Å². The lowest BCUT2D eigenvalue weighted by Crippen LogP contribution is -2.03. The van der Waals surface area contributed by atoms with E-state index in [1.807, 2.05) is 6.92 Å². The lowest BCUT2D eigenvalue weighted by Gasteiger charge is -1.96. The zero-order valence-electron chi connectivity index (χ0n) is 10.8. The Hall–Kier alpha value is -1.68. The van der Waals surface area contributed by atoms with Gasteiger partial charge in [-0.25, -0.2) is 0 Å². The zero-order chi connectivity index (χ0) is 13.8. The maximum Gasteiger partial charge on any atom is 0.305 e. The summed E-state index contributed by atoms with van der Waals surface area (Å²) in [5.74, 6) is -0.508. The monoisotopic (exact) mass is 252 g/mol. The summed E-state index contributed by atoms with van der Waals surface area (Å²) in [4.78, 5) is 22.0. The van der Waals surface area contributed by atoms with Crippen LogP contribution in [0.4, 0.5) is 0 Å². The van der Waals surface area contributed by atoms with Crippen molar-refractivity contribution < 1.29 is 19.4 Å².